The third kappa shape index (κ3) is 2.97. The molecule has 1 amide bonds. The summed E-state index contributed by atoms with van der Waals surface area (Å²) in [6.07, 6.45) is 3.94. The van der Waals surface area contributed by atoms with Crippen LogP contribution in [0.4, 0.5) is 5.69 Å². The third-order valence-electron chi connectivity index (χ3n) is 3.31. The number of anilines is 1. The van der Waals surface area contributed by atoms with Crippen molar-refractivity contribution in [2.75, 3.05) is 25.1 Å². The first-order valence-corrected chi connectivity index (χ1v) is 6.74. The fraction of sp³-hybridized carbons (Fsp3) is 0.429. The van der Waals surface area contributed by atoms with Gasteiger partial charge in [-0.3, -0.25) is 9.89 Å². The van der Waals surface area contributed by atoms with Crippen molar-refractivity contribution in [3.8, 4) is 0 Å². The Bertz CT molecular complexity index is 590. The molecule has 0 bridgehead atoms. The van der Waals surface area contributed by atoms with E-state index in [4.69, 9.17) is 9.47 Å². The maximum absolute atomic E-state index is 11.8. The number of fused-ring (bicyclic) bond motifs is 1. The topological polar surface area (TPSA) is 76.2 Å². The van der Waals surface area contributed by atoms with Crippen molar-refractivity contribution in [2.45, 2.75) is 18.9 Å². The lowest BCUT2D eigenvalue weighted by atomic mass is 10.2. The summed E-state index contributed by atoms with van der Waals surface area (Å²) in [5.41, 5.74) is 1.53. The number of benzene rings is 1. The zero-order chi connectivity index (χ0) is 13.8. The quantitative estimate of drug-likeness (QED) is 0.870. The van der Waals surface area contributed by atoms with Gasteiger partial charge >= 0.3 is 0 Å². The van der Waals surface area contributed by atoms with E-state index in [0.717, 1.165) is 30.4 Å². The number of amides is 1. The minimum atomic E-state index is -0.176. The van der Waals surface area contributed by atoms with Crippen LogP contribution in [0.5, 0.6) is 0 Å². The molecular weight excluding hydrogens is 258 g/mol. The van der Waals surface area contributed by atoms with Crippen molar-refractivity contribution < 1.29 is 14.3 Å². The summed E-state index contributed by atoms with van der Waals surface area (Å²) in [5.74, 6) is -0.176. The molecule has 2 N–H and O–H groups in total. The lowest BCUT2D eigenvalue weighted by molar-refractivity contribution is -0.121. The van der Waals surface area contributed by atoms with Gasteiger partial charge in [0.1, 0.15) is 6.61 Å². The van der Waals surface area contributed by atoms with Gasteiger partial charge in [0, 0.05) is 12.0 Å². The number of ether oxygens (including phenoxy) is 2. The van der Waals surface area contributed by atoms with Gasteiger partial charge in [-0.2, -0.15) is 5.10 Å². The Labute approximate surface area is 116 Å². The molecule has 1 aromatic heterocycles. The molecular formula is C14H17N3O3. The fourth-order valence-corrected chi connectivity index (χ4v) is 2.32. The second-order valence-corrected chi connectivity index (χ2v) is 4.84. The monoisotopic (exact) mass is 275 g/mol. The van der Waals surface area contributed by atoms with Gasteiger partial charge in [0.2, 0.25) is 5.91 Å². The zero-order valence-corrected chi connectivity index (χ0v) is 11.1. The molecule has 2 aromatic rings. The predicted octanol–water partition coefficient (Wildman–Crippen LogP) is 1.70. The highest BCUT2D eigenvalue weighted by Gasteiger charge is 2.16. The van der Waals surface area contributed by atoms with Gasteiger partial charge in [0.05, 0.1) is 30.1 Å². The first-order valence-electron chi connectivity index (χ1n) is 6.74. The van der Waals surface area contributed by atoms with Crippen LogP contribution in [-0.4, -0.2) is 42.0 Å². The number of rotatable bonds is 5. The number of para-hydroxylation sites is 1. The SMILES string of the molecule is O=C(COCC1CCCO1)Nc1cccc2cn[nH]c12. The number of carbonyl (C=O) groups is 1. The number of carbonyl (C=O) groups excluding carboxylic acids is 1. The summed E-state index contributed by atoms with van der Waals surface area (Å²) in [6, 6.07) is 5.64. The molecule has 2 heterocycles. The van der Waals surface area contributed by atoms with Crippen LogP contribution < -0.4 is 5.32 Å². The molecule has 6 heteroatoms. The van der Waals surface area contributed by atoms with Crippen LogP contribution in [0.15, 0.2) is 24.4 Å². The fourth-order valence-electron chi connectivity index (χ4n) is 2.32. The van der Waals surface area contributed by atoms with E-state index in [1.54, 1.807) is 6.20 Å². The van der Waals surface area contributed by atoms with E-state index in [1.165, 1.54) is 0 Å². The molecule has 0 radical (unpaired) electrons. The van der Waals surface area contributed by atoms with Crippen LogP contribution in [0.25, 0.3) is 10.9 Å². The standard InChI is InChI=1S/C14H17N3O3/c18-13(9-19-8-11-4-2-6-20-11)16-12-5-1-3-10-7-15-17-14(10)12/h1,3,5,7,11H,2,4,6,8-9H2,(H,15,17)(H,16,18). The van der Waals surface area contributed by atoms with Crippen molar-refractivity contribution in [3.05, 3.63) is 24.4 Å². The maximum atomic E-state index is 11.8. The van der Waals surface area contributed by atoms with Gasteiger partial charge in [-0.1, -0.05) is 12.1 Å². The Morgan fingerprint density at radius 2 is 2.50 bits per heavy atom. The molecule has 6 nitrogen and oxygen atoms in total. The van der Waals surface area contributed by atoms with Crippen LogP contribution >= 0.6 is 0 Å². The molecule has 1 atom stereocenters. The van der Waals surface area contributed by atoms with Gasteiger partial charge in [0.25, 0.3) is 0 Å². The lowest BCUT2D eigenvalue weighted by Crippen LogP contribution is -2.22. The highest BCUT2D eigenvalue weighted by Crippen LogP contribution is 2.20. The van der Waals surface area contributed by atoms with Crippen LogP contribution in [-0.2, 0) is 14.3 Å². The Morgan fingerprint density at radius 3 is 3.35 bits per heavy atom. The van der Waals surface area contributed by atoms with Crippen LogP contribution in [0.2, 0.25) is 0 Å². The Balaban J connectivity index is 1.52. The van der Waals surface area contributed by atoms with E-state index < -0.39 is 0 Å². The summed E-state index contributed by atoms with van der Waals surface area (Å²) >= 11 is 0. The van der Waals surface area contributed by atoms with Crippen molar-refractivity contribution >= 4 is 22.5 Å². The highest BCUT2D eigenvalue weighted by molar-refractivity contribution is 6.00. The zero-order valence-electron chi connectivity index (χ0n) is 11.1. The molecule has 0 saturated carbocycles. The molecule has 20 heavy (non-hydrogen) atoms. The second kappa shape index (κ2) is 6.02. The maximum Gasteiger partial charge on any atom is 0.250 e. The highest BCUT2D eigenvalue weighted by atomic mass is 16.5. The van der Waals surface area contributed by atoms with E-state index in [1.807, 2.05) is 18.2 Å². The molecule has 1 aliphatic heterocycles. The minimum Gasteiger partial charge on any atom is -0.376 e. The molecule has 1 unspecified atom stereocenters. The van der Waals surface area contributed by atoms with Crippen molar-refractivity contribution in [1.29, 1.82) is 0 Å². The van der Waals surface area contributed by atoms with Crippen LogP contribution in [0, 0.1) is 0 Å². The number of aromatic nitrogens is 2. The predicted molar refractivity (Wildman–Crippen MR) is 74.5 cm³/mol. The number of aromatic amines is 1. The Morgan fingerprint density at radius 1 is 1.55 bits per heavy atom. The van der Waals surface area contributed by atoms with Gasteiger partial charge in [-0.05, 0) is 18.9 Å². The molecule has 1 fully saturated rings. The molecule has 0 aliphatic carbocycles. The first-order chi connectivity index (χ1) is 9.83. The first kappa shape index (κ1) is 13.1. The van der Waals surface area contributed by atoms with Crippen LogP contribution in [0.3, 0.4) is 0 Å². The molecule has 1 saturated heterocycles. The largest absolute Gasteiger partial charge is 0.376 e. The molecule has 0 spiro atoms. The second-order valence-electron chi connectivity index (χ2n) is 4.84. The third-order valence-corrected chi connectivity index (χ3v) is 3.31. The van der Waals surface area contributed by atoms with E-state index in [0.29, 0.717) is 12.3 Å². The van der Waals surface area contributed by atoms with Gasteiger partial charge in [0.15, 0.2) is 0 Å². The summed E-state index contributed by atoms with van der Waals surface area (Å²) < 4.78 is 10.8. The minimum absolute atomic E-state index is 0.0321. The molecule has 106 valence electrons. The van der Waals surface area contributed by atoms with Crippen molar-refractivity contribution in [3.63, 3.8) is 0 Å². The molecule has 1 aromatic carbocycles. The molecule has 3 rings (SSSR count). The van der Waals surface area contributed by atoms with E-state index in [2.05, 4.69) is 15.5 Å². The number of nitrogens with zero attached hydrogens (tertiary/aromatic N) is 1. The van der Waals surface area contributed by atoms with E-state index in [-0.39, 0.29) is 18.6 Å². The normalized spacial score (nSPS) is 18.5. The lowest BCUT2D eigenvalue weighted by Gasteiger charge is -2.10. The smallest absolute Gasteiger partial charge is 0.250 e. The Kier molecular flexibility index (Phi) is 3.94. The van der Waals surface area contributed by atoms with Gasteiger partial charge < -0.3 is 14.8 Å². The summed E-state index contributed by atoms with van der Waals surface area (Å²) in [6.45, 7) is 1.30. The van der Waals surface area contributed by atoms with Crippen molar-refractivity contribution in [1.82, 2.24) is 10.2 Å². The average molecular weight is 275 g/mol. The Hall–Kier alpha value is -1.92. The molecule has 1 aliphatic rings. The number of nitrogens with one attached hydrogen (secondary N) is 2. The van der Waals surface area contributed by atoms with Gasteiger partial charge in [-0.15, -0.1) is 0 Å². The number of H-pyrrole nitrogens is 1. The van der Waals surface area contributed by atoms with Crippen LogP contribution in [0.1, 0.15) is 12.8 Å². The summed E-state index contributed by atoms with van der Waals surface area (Å²) in [4.78, 5) is 11.8. The summed E-state index contributed by atoms with van der Waals surface area (Å²) in [7, 11) is 0. The van der Waals surface area contributed by atoms with E-state index in [9.17, 15) is 4.79 Å². The number of hydrogen-bond acceptors (Lipinski definition) is 4. The average Bonchev–Trinajstić information content (AvgIpc) is 3.09. The summed E-state index contributed by atoms with van der Waals surface area (Å²) in [5, 5.41) is 10.6. The number of hydrogen-bond donors (Lipinski definition) is 2. The van der Waals surface area contributed by atoms with Gasteiger partial charge in [-0.25, -0.2) is 0 Å². The van der Waals surface area contributed by atoms with Crippen molar-refractivity contribution in [2.24, 2.45) is 0 Å². The van der Waals surface area contributed by atoms with E-state index >= 15 is 0 Å².